The normalized spacial score (nSPS) is 29.8. The fourth-order valence-electron chi connectivity index (χ4n) is 1.45. The zero-order valence-corrected chi connectivity index (χ0v) is 6.77. The molecule has 0 aromatic rings. The van der Waals surface area contributed by atoms with E-state index in [4.69, 9.17) is 5.73 Å². The summed E-state index contributed by atoms with van der Waals surface area (Å²) < 4.78 is 0. The zero-order chi connectivity index (χ0) is 7.40. The molecule has 0 amide bonds. The zero-order valence-electron chi connectivity index (χ0n) is 6.77. The molecule has 0 spiro atoms. The Morgan fingerprint density at radius 2 is 2.50 bits per heavy atom. The Morgan fingerprint density at radius 1 is 1.70 bits per heavy atom. The summed E-state index contributed by atoms with van der Waals surface area (Å²) in [4.78, 5) is 0. The van der Waals surface area contributed by atoms with E-state index in [9.17, 15) is 0 Å². The summed E-state index contributed by atoms with van der Waals surface area (Å²) in [6.07, 6.45) is 8.48. The van der Waals surface area contributed by atoms with Crippen molar-refractivity contribution in [2.45, 2.75) is 45.1 Å². The predicted molar refractivity (Wildman–Crippen MR) is 44.8 cm³/mol. The third-order valence-electron chi connectivity index (χ3n) is 2.08. The molecule has 0 radical (unpaired) electrons. The summed E-state index contributed by atoms with van der Waals surface area (Å²) in [5, 5.41) is 0. The van der Waals surface area contributed by atoms with Gasteiger partial charge in [-0.25, -0.2) is 0 Å². The lowest BCUT2D eigenvalue weighted by atomic mass is 10.1. The molecule has 1 heteroatoms. The first-order valence-corrected chi connectivity index (χ1v) is 4.26. The second-order valence-electron chi connectivity index (χ2n) is 3.15. The van der Waals surface area contributed by atoms with Crippen LogP contribution in [0.1, 0.15) is 39.0 Å². The van der Waals surface area contributed by atoms with Gasteiger partial charge in [-0.15, -0.1) is 0 Å². The van der Waals surface area contributed by atoms with Gasteiger partial charge in [-0.3, -0.25) is 0 Å². The average Bonchev–Trinajstić information content (AvgIpc) is 2.31. The number of hydrogen-bond donors (Lipinski definition) is 1. The number of unbranched alkanes of at least 4 members (excludes halogenated alkanes) is 1. The Balaban J connectivity index is 2.29. The summed E-state index contributed by atoms with van der Waals surface area (Å²) >= 11 is 0. The molecule has 1 rings (SSSR count). The third-order valence-corrected chi connectivity index (χ3v) is 2.08. The Labute approximate surface area is 63.3 Å². The Bertz CT molecular complexity index is 127. The highest BCUT2D eigenvalue weighted by Gasteiger charge is 2.13. The van der Waals surface area contributed by atoms with Crippen LogP contribution in [0.25, 0.3) is 0 Å². The lowest BCUT2D eigenvalue weighted by Gasteiger charge is -1.96. The first kappa shape index (κ1) is 7.80. The van der Waals surface area contributed by atoms with Crippen LogP contribution in [-0.2, 0) is 0 Å². The van der Waals surface area contributed by atoms with Gasteiger partial charge in [0.25, 0.3) is 0 Å². The molecule has 0 heterocycles. The van der Waals surface area contributed by atoms with Crippen molar-refractivity contribution in [2.75, 3.05) is 0 Å². The smallest absolute Gasteiger partial charge is 0.00791 e. The second-order valence-corrected chi connectivity index (χ2v) is 3.15. The summed E-state index contributed by atoms with van der Waals surface area (Å²) in [5.41, 5.74) is 7.35. The number of rotatable bonds is 2. The molecule has 1 fully saturated rings. The van der Waals surface area contributed by atoms with Gasteiger partial charge in [0.05, 0.1) is 0 Å². The van der Waals surface area contributed by atoms with Crippen LogP contribution in [0.4, 0.5) is 0 Å². The van der Waals surface area contributed by atoms with Gasteiger partial charge in [0, 0.05) is 6.04 Å². The highest BCUT2D eigenvalue weighted by molar-refractivity contribution is 5.09. The Morgan fingerprint density at radius 3 is 3.00 bits per heavy atom. The van der Waals surface area contributed by atoms with Crippen molar-refractivity contribution in [3.05, 3.63) is 11.6 Å². The minimum atomic E-state index is 0.461. The maximum atomic E-state index is 5.76. The molecular formula is C9H17N. The van der Waals surface area contributed by atoms with Crippen molar-refractivity contribution >= 4 is 0 Å². The molecule has 1 atom stereocenters. The maximum absolute atomic E-state index is 5.76. The molecule has 0 bridgehead atoms. The molecule has 10 heavy (non-hydrogen) atoms. The predicted octanol–water partition coefficient (Wildman–Crippen LogP) is 2.22. The highest BCUT2D eigenvalue weighted by Crippen LogP contribution is 2.23. The quantitative estimate of drug-likeness (QED) is 0.583. The van der Waals surface area contributed by atoms with Crippen LogP contribution in [0.3, 0.4) is 0 Å². The fraction of sp³-hybridized carbons (Fsp3) is 0.778. The van der Waals surface area contributed by atoms with Gasteiger partial charge in [-0.05, 0) is 25.7 Å². The third kappa shape index (κ3) is 2.14. The summed E-state index contributed by atoms with van der Waals surface area (Å²) in [7, 11) is 0. The van der Waals surface area contributed by atoms with Crippen molar-refractivity contribution in [3.8, 4) is 0 Å². The topological polar surface area (TPSA) is 26.0 Å². The lowest BCUT2D eigenvalue weighted by molar-refractivity contribution is 0.711. The van der Waals surface area contributed by atoms with E-state index in [1.807, 2.05) is 0 Å². The van der Waals surface area contributed by atoms with E-state index < -0.39 is 0 Å². The number of hydrogen-bond acceptors (Lipinski definition) is 1. The first-order chi connectivity index (χ1) is 4.83. The van der Waals surface area contributed by atoms with Crippen LogP contribution in [-0.4, -0.2) is 6.04 Å². The molecule has 1 saturated carbocycles. The van der Waals surface area contributed by atoms with Gasteiger partial charge >= 0.3 is 0 Å². The summed E-state index contributed by atoms with van der Waals surface area (Å²) in [5.74, 6) is 0. The van der Waals surface area contributed by atoms with Gasteiger partial charge in [0.2, 0.25) is 0 Å². The average molecular weight is 139 g/mol. The molecular weight excluding hydrogens is 122 g/mol. The monoisotopic (exact) mass is 139 g/mol. The molecule has 0 saturated heterocycles. The van der Waals surface area contributed by atoms with E-state index in [2.05, 4.69) is 13.0 Å². The molecule has 1 unspecified atom stereocenters. The van der Waals surface area contributed by atoms with Gasteiger partial charge in [0.15, 0.2) is 0 Å². The van der Waals surface area contributed by atoms with Crippen molar-refractivity contribution < 1.29 is 0 Å². The van der Waals surface area contributed by atoms with Crippen LogP contribution in [0.5, 0.6) is 0 Å². The highest BCUT2D eigenvalue weighted by atomic mass is 14.6. The lowest BCUT2D eigenvalue weighted by Crippen LogP contribution is -2.13. The van der Waals surface area contributed by atoms with E-state index in [0.29, 0.717) is 6.04 Å². The fourth-order valence-corrected chi connectivity index (χ4v) is 1.45. The number of nitrogens with two attached hydrogens (primary N) is 1. The molecule has 1 aliphatic carbocycles. The first-order valence-electron chi connectivity index (χ1n) is 4.26. The van der Waals surface area contributed by atoms with Crippen molar-refractivity contribution in [3.63, 3.8) is 0 Å². The van der Waals surface area contributed by atoms with Crippen LogP contribution in [0, 0.1) is 0 Å². The molecule has 1 nitrogen and oxygen atoms in total. The van der Waals surface area contributed by atoms with Crippen LogP contribution in [0.2, 0.25) is 0 Å². The van der Waals surface area contributed by atoms with Crippen molar-refractivity contribution in [2.24, 2.45) is 5.73 Å². The standard InChI is InChI=1S/C9H17N/c1-2-3-4-8-5-6-9(10)7-8/h4,9H,2-3,5-7,10H2,1H3. The molecule has 2 N–H and O–H groups in total. The minimum Gasteiger partial charge on any atom is -0.327 e. The maximum Gasteiger partial charge on any atom is 0.00791 e. The van der Waals surface area contributed by atoms with Gasteiger partial charge < -0.3 is 5.73 Å². The number of allylic oxidation sites excluding steroid dienone is 1. The second kappa shape index (κ2) is 3.77. The van der Waals surface area contributed by atoms with E-state index in [1.165, 1.54) is 25.7 Å². The van der Waals surface area contributed by atoms with E-state index in [1.54, 1.807) is 5.57 Å². The largest absolute Gasteiger partial charge is 0.327 e. The SMILES string of the molecule is CCCC=C1CCC(N)C1. The van der Waals surface area contributed by atoms with Crippen molar-refractivity contribution in [1.82, 2.24) is 0 Å². The molecule has 0 aromatic heterocycles. The van der Waals surface area contributed by atoms with Crippen LogP contribution in [0.15, 0.2) is 11.6 Å². The summed E-state index contributed by atoms with van der Waals surface area (Å²) in [6.45, 7) is 2.21. The Hall–Kier alpha value is -0.300. The van der Waals surface area contributed by atoms with E-state index >= 15 is 0 Å². The van der Waals surface area contributed by atoms with Gasteiger partial charge in [0.1, 0.15) is 0 Å². The van der Waals surface area contributed by atoms with E-state index in [-0.39, 0.29) is 0 Å². The minimum absolute atomic E-state index is 0.461. The van der Waals surface area contributed by atoms with Gasteiger partial charge in [-0.2, -0.15) is 0 Å². The molecule has 0 aromatic carbocycles. The summed E-state index contributed by atoms with van der Waals surface area (Å²) in [6, 6.07) is 0.461. The van der Waals surface area contributed by atoms with Crippen LogP contribution >= 0.6 is 0 Å². The van der Waals surface area contributed by atoms with Crippen LogP contribution < -0.4 is 5.73 Å². The molecule has 0 aliphatic heterocycles. The van der Waals surface area contributed by atoms with Crippen molar-refractivity contribution in [1.29, 1.82) is 0 Å². The van der Waals surface area contributed by atoms with E-state index in [0.717, 1.165) is 6.42 Å². The molecule has 1 aliphatic rings. The van der Waals surface area contributed by atoms with Gasteiger partial charge in [-0.1, -0.05) is 25.0 Å². The Kier molecular flexibility index (Phi) is 2.94. The molecule has 58 valence electrons.